The topological polar surface area (TPSA) is 36.3 Å². The SMILES string of the molecule is COc1ccc(Br)cc1CN(C)Cc1cccc(C#N)c1. The average molecular weight is 345 g/mol. The zero-order chi connectivity index (χ0) is 15.2. The van der Waals surface area contributed by atoms with Crippen LogP contribution < -0.4 is 4.74 Å². The van der Waals surface area contributed by atoms with Crippen LogP contribution in [0, 0.1) is 11.3 Å². The lowest BCUT2D eigenvalue weighted by molar-refractivity contribution is 0.310. The third-order valence-corrected chi connectivity index (χ3v) is 3.68. The van der Waals surface area contributed by atoms with Crippen LogP contribution in [0.4, 0.5) is 0 Å². The molecular weight excluding hydrogens is 328 g/mol. The van der Waals surface area contributed by atoms with Gasteiger partial charge in [-0.25, -0.2) is 0 Å². The predicted molar refractivity (Wildman–Crippen MR) is 87.0 cm³/mol. The van der Waals surface area contributed by atoms with E-state index in [4.69, 9.17) is 10.00 Å². The summed E-state index contributed by atoms with van der Waals surface area (Å²) in [7, 11) is 3.74. The van der Waals surface area contributed by atoms with E-state index >= 15 is 0 Å². The first-order chi connectivity index (χ1) is 10.1. The minimum absolute atomic E-state index is 0.695. The molecule has 0 fully saturated rings. The molecule has 0 aliphatic rings. The average Bonchev–Trinajstić information content (AvgIpc) is 2.47. The Morgan fingerprint density at radius 2 is 2.00 bits per heavy atom. The molecule has 0 radical (unpaired) electrons. The number of hydrogen-bond acceptors (Lipinski definition) is 3. The van der Waals surface area contributed by atoms with Crippen LogP contribution in [0.1, 0.15) is 16.7 Å². The number of benzene rings is 2. The van der Waals surface area contributed by atoms with Crippen molar-refractivity contribution in [3.05, 3.63) is 63.6 Å². The van der Waals surface area contributed by atoms with E-state index in [2.05, 4.69) is 40.0 Å². The Bertz CT molecular complexity index is 664. The molecule has 0 saturated carbocycles. The Morgan fingerprint density at radius 1 is 1.19 bits per heavy atom. The molecule has 2 aromatic carbocycles. The summed E-state index contributed by atoms with van der Waals surface area (Å²) in [4.78, 5) is 2.20. The second-order valence-corrected chi connectivity index (χ2v) is 5.86. The number of hydrogen-bond donors (Lipinski definition) is 0. The number of halogens is 1. The van der Waals surface area contributed by atoms with Gasteiger partial charge in [0, 0.05) is 23.1 Å². The molecule has 0 aliphatic heterocycles. The van der Waals surface area contributed by atoms with Gasteiger partial charge in [0.2, 0.25) is 0 Å². The zero-order valence-corrected chi connectivity index (χ0v) is 13.7. The van der Waals surface area contributed by atoms with Crippen molar-refractivity contribution in [2.45, 2.75) is 13.1 Å². The lowest BCUT2D eigenvalue weighted by atomic mass is 10.1. The molecule has 2 rings (SSSR count). The summed E-state index contributed by atoms with van der Waals surface area (Å²) in [6.45, 7) is 1.56. The fourth-order valence-electron chi connectivity index (χ4n) is 2.27. The third-order valence-electron chi connectivity index (χ3n) is 3.19. The molecule has 2 aromatic rings. The van der Waals surface area contributed by atoms with Gasteiger partial charge in [0.1, 0.15) is 5.75 Å². The number of rotatable bonds is 5. The van der Waals surface area contributed by atoms with Crippen LogP contribution in [0.3, 0.4) is 0 Å². The van der Waals surface area contributed by atoms with Crippen molar-refractivity contribution in [1.82, 2.24) is 4.90 Å². The normalized spacial score (nSPS) is 10.4. The molecule has 0 spiro atoms. The van der Waals surface area contributed by atoms with Gasteiger partial charge in [0.25, 0.3) is 0 Å². The van der Waals surface area contributed by atoms with E-state index < -0.39 is 0 Å². The maximum absolute atomic E-state index is 8.94. The molecule has 0 aliphatic carbocycles. The van der Waals surface area contributed by atoms with Crippen molar-refractivity contribution in [1.29, 1.82) is 5.26 Å². The van der Waals surface area contributed by atoms with Crippen LogP contribution in [0.5, 0.6) is 5.75 Å². The molecule has 3 nitrogen and oxygen atoms in total. The first kappa shape index (κ1) is 15.6. The number of methoxy groups -OCH3 is 1. The molecule has 0 bridgehead atoms. The van der Waals surface area contributed by atoms with Gasteiger partial charge in [-0.3, -0.25) is 4.90 Å². The van der Waals surface area contributed by atoms with E-state index in [9.17, 15) is 0 Å². The molecule has 4 heteroatoms. The summed E-state index contributed by atoms with van der Waals surface area (Å²) >= 11 is 3.49. The zero-order valence-electron chi connectivity index (χ0n) is 12.1. The van der Waals surface area contributed by atoms with E-state index in [1.807, 2.05) is 36.4 Å². The quantitative estimate of drug-likeness (QED) is 0.823. The molecule has 0 aromatic heterocycles. The van der Waals surface area contributed by atoms with Gasteiger partial charge in [-0.2, -0.15) is 5.26 Å². The Kier molecular flexibility index (Phi) is 5.38. The second kappa shape index (κ2) is 7.26. The van der Waals surface area contributed by atoms with Crippen LogP contribution in [0.2, 0.25) is 0 Å². The van der Waals surface area contributed by atoms with Crippen molar-refractivity contribution < 1.29 is 4.74 Å². The summed E-state index contributed by atoms with van der Waals surface area (Å²) in [5.74, 6) is 0.885. The van der Waals surface area contributed by atoms with Crippen molar-refractivity contribution in [2.24, 2.45) is 0 Å². The van der Waals surface area contributed by atoms with Gasteiger partial charge in [0.15, 0.2) is 0 Å². The Morgan fingerprint density at radius 3 is 2.71 bits per heavy atom. The largest absolute Gasteiger partial charge is 0.496 e. The fourth-order valence-corrected chi connectivity index (χ4v) is 2.68. The van der Waals surface area contributed by atoms with E-state index in [0.717, 1.165) is 34.4 Å². The van der Waals surface area contributed by atoms with Gasteiger partial charge in [-0.15, -0.1) is 0 Å². The Balaban J connectivity index is 2.09. The second-order valence-electron chi connectivity index (χ2n) is 4.94. The van der Waals surface area contributed by atoms with E-state index in [0.29, 0.717) is 5.56 Å². The summed E-state index contributed by atoms with van der Waals surface area (Å²) in [6.07, 6.45) is 0. The lowest BCUT2D eigenvalue weighted by Gasteiger charge is -2.19. The molecule has 108 valence electrons. The first-order valence-electron chi connectivity index (χ1n) is 6.62. The first-order valence-corrected chi connectivity index (χ1v) is 7.41. The minimum Gasteiger partial charge on any atom is -0.496 e. The van der Waals surface area contributed by atoms with Crippen LogP contribution in [-0.2, 0) is 13.1 Å². The third kappa shape index (κ3) is 4.32. The smallest absolute Gasteiger partial charge is 0.123 e. The number of nitrogens with zero attached hydrogens (tertiary/aromatic N) is 2. The van der Waals surface area contributed by atoms with E-state index in [1.54, 1.807) is 7.11 Å². The van der Waals surface area contributed by atoms with Crippen LogP contribution in [0.15, 0.2) is 46.9 Å². The molecule has 0 N–H and O–H groups in total. The molecular formula is C17H17BrN2O. The number of nitriles is 1. The summed E-state index contributed by atoms with van der Waals surface area (Å²) < 4.78 is 6.44. The molecule has 0 unspecified atom stereocenters. The molecule has 0 amide bonds. The molecule has 21 heavy (non-hydrogen) atoms. The highest BCUT2D eigenvalue weighted by atomic mass is 79.9. The number of ether oxygens (including phenoxy) is 1. The highest BCUT2D eigenvalue weighted by molar-refractivity contribution is 9.10. The van der Waals surface area contributed by atoms with Crippen LogP contribution in [0.25, 0.3) is 0 Å². The summed E-state index contributed by atoms with van der Waals surface area (Å²) in [5.41, 5.74) is 2.96. The highest BCUT2D eigenvalue weighted by Gasteiger charge is 2.08. The van der Waals surface area contributed by atoms with Gasteiger partial charge < -0.3 is 4.74 Å². The van der Waals surface area contributed by atoms with Crippen molar-refractivity contribution in [2.75, 3.05) is 14.2 Å². The van der Waals surface area contributed by atoms with Crippen molar-refractivity contribution in [3.63, 3.8) is 0 Å². The van der Waals surface area contributed by atoms with Crippen molar-refractivity contribution in [3.8, 4) is 11.8 Å². The standard InChI is InChI=1S/C17H17BrN2O/c1-20(11-14-5-3-4-13(8-14)10-19)12-15-9-16(18)6-7-17(15)21-2/h3-9H,11-12H2,1-2H3. The van der Waals surface area contributed by atoms with Crippen LogP contribution in [-0.4, -0.2) is 19.1 Å². The van der Waals surface area contributed by atoms with Gasteiger partial charge in [0.05, 0.1) is 18.7 Å². The monoisotopic (exact) mass is 344 g/mol. The molecule has 0 atom stereocenters. The summed E-state index contributed by atoms with van der Waals surface area (Å²) in [6, 6.07) is 15.9. The maximum Gasteiger partial charge on any atom is 0.123 e. The summed E-state index contributed by atoms with van der Waals surface area (Å²) in [5, 5.41) is 8.94. The van der Waals surface area contributed by atoms with Gasteiger partial charge in [-0.05, 0) is 42.9 Å². The van der Waals surface area contributed by atoms with E-state index in [1.165, 1.54) is 0 Å². The lowest BCUT2D eigenvalue weighted by Crippen LogP contribution is -2.17. The maximum atomic E-state index is 8.94. The molecule has 0 saturated heterocycles. The Hall–Kier alpha value is -1.83. The van der Waals surface area contributed by atoms with Gasteiger partial charge in [-0.1, -0.05) is 28.1 Å². The highest BCUT2D eigenvalue weighted by Crippen LogP contribution is 2.24. The van der Waals surface area contributed by atoms with Gasteiger partial charge >= 0.3 is 0 Å². The fraction of sp³-hybridized carbons (Fsp3) is 0.235. The van der Waals surface area contributed by atoms with Crippen LogP contribution >= 0.6 is 15.9 Å². The minimum atomic E-state index is 0.695. The van der Waals surface area contributed by atoms with E-state index in [-0.39, 0.29) is 0 Å². The molecule has 0 heterocycles. The predicted octanol–water partition coefficient (Wildman–Crippen LogP) is 3.96. The Labute approximate surface area is 133 Å². The van der Waals surface area contributed by atoms with Crippen molar-refractivity contribution >= 4 is 15.9 Å².